The van der Waals surface area contributed by atoms with E-state index in [-0.39, 0.29) is 0 Å². The molecule has 0 saturated carbocycles. The maximum absolute atomic E-state index is 13.9. The summed E-state index contributed by atoms with van der Waals surface area (Å²) in [4.78, 5) is -0.506. The summed E-state index contributed by atoms with van der Waals surface area (Å²) in [5.74, 6) is -0.713. The Balaban J connectivity index is 2.55. The van der Waals surface area contributed by atoms with Crippen LogP contribution < -0.4 is 4.74 Å². The Labute approximate surface area is 137 Å². The van der Waals surface area contributed by atoms with Crippen molar-refractivity contribution >= 4 is 43.5 Å². The third-order valence-corrected chi connectivity index (χ3v) is 4.54. The van der Waals surface area contributed by atoms with E-state index in [4.69, 9.17) is 16.3 Å². The van der Waals surface area contributed by atoms with Crippen LogP contribution in [0.1, 0.15) is 16.0 Å². The number of benzene rings is 2. The maximum Gasteiger partial charge on any atom is 0.137 e. The Morgan fingerprint density at radius 2 is 1.85 bits per heavy atom. The van der Waals surface area contributed by atoms with Crippen LogP contribution in [0.15, 0.2) is 34.8 Å². The first-order chi connectivity index (χ1) is 9.43. The fraction of sp³-hybridized carbons (Fsp3) is 0.143. The number of ether oxygens (including phenoxy) is 1. The zero-order valence-electron chi connectivity index (χ0n) is 10.3. The number of methoxy groups -OCH3 is 1. The molecule has 1 nitrogen and oxygen atoms in total. The van der Waals surface area contributed by atoms with Crippen molar-refractivity contribution in [3.63, 3.8) is 0 Å². The summed E-state index contributed by atoms with van der Waals surface area (Å²) in [6.45, 7) is 0. The molecule has 6 heteroatoms. The van der Waals surface area contributed by atoms with E-state index in [2.05, 4.69) is 31.9 Å². The van der Waals surface area contributed by atoms with Crippen molar-refractivity contribution in [2.45, 2.75) is 4.83 Å². The normalized spacial score (nSPS) is 12.3. The average Bonchev–Trinajstić information content (AvgIpc) is 2.37. The molecule has 2 aromatic carbocycles. The summed E-state index contributed by atoms with van der Waals surface area (Å²) >= 11 is 12.8. The van der Waals surface area contributed by atoms with Crippen molar-refractivity contribution in [2.75, 3.05) is 7.11 Å². The van der Waals surface area contributed by atoms with Crippen LogP contribution in [-0.2, 0) is 0 Å². The Hall–Kier alpha value is -0.650. The zero-order chi connectivity index (χ0) is 14.9. The molecule has 0 aliphatic rings. The van der Waals surface area contributed by atoms with Crippen LogP contribution in [0, 0.1) is 11.6 Å². The first-order valence-corrected chi connectivity index (χ1v) is 7.64. The predicted octanol–water partition coefficient (Wildman–Crippen LogP) is 5.87. The Bertz CT molecular complexity index is 649. The lowest BCUT2D eigenvalue weighted by Crippen LogP contribution is -2.01. The first-order valence-electron chi connectivity index (χ1n) is 5.56. The molecular formula is C14H9Br2ClF2O. The molecule has 0 saturated heterocycles. The highest BCUT2D eigenvalue weighted by Gasteiger charge is 2.21. The van der Waals surface area contributed by atoms with Gasteiger partial charge in [-0.15, -0.1) is 0 Å². The van der Waals surface area contributed by atoms with Gasteiger partial charge in [-0.05, 0) is 34.1 Å². The molecule has 106 valence electrons. The number of hydrogen-bond donors (Lipinski definition) is 0. The molecule has 0 aliphatic carbocycles. The van der Waals surface area contributed by atoms with Crippen molar-refractivity contribution in [2.24, 2.45) is 0 Å². The van der Waals surface area contributed by atoms with E-state index in [0.717, 1.165) is 6.07 Å². The van der Waals surface area contributed by atoms with E-state index in [0.29, 0.717) is 26.4 Å². The predicted molar refractivity (Wildman–Crippen MR) is 82.8 cm³/mol. The van der Waals surface area contributed by atoms with Gasteiger partial charge in [0.15, 0.2) is 0 Å². The quantitative estimate of drug-likeness (QED) is 0.558. The molecule has 0 N–H and O–H groups in total. The molecule has 0 radical (unpaired) electrons. The standard InChI is InChI=1S/C14H9Br2ClF2O/c1-20-14-10(4-7(17)5-11(14)15)13(16)9-3-2-8(18)6-12(9)19/h2-6,13H,1H3. The third kappa shape index (κ3) is 3.15. The molecule has 0 aliphatic heterocycles. The molecule has 2 rings (SSSR count). The molecule has 0 aromatic heterocycles. The summed E-state index contributed by atoms with van der Waals surface area (Å²) in [7, 11) is 1.51. The molecule has 0 fully saturated rings. The van der Waals surface area contributed by atoms with Crippen LogP contribution in [0.4, 0.5) is 8.78 Å². The van der Waals surface area contributed by atoms with Gasteiger partial charge in [0.1, 0.15) is 17.4 Å². The van der Waals surface area contributed by atoms with Gasteiger partial charge in [0.2, 0.25) is 0 Å². The van der Waals surface area contributed by atoms with E-state index < -0.39 is 16.5 Å². The fourth-order valence-electron chi connectivity index (χ4n) is 1.86. The van der Waals surface area contributed by atoms with Gasteiger partial charge in [-0.2, -0.15) is 0 Å². The fourth-order valence-corrected chi connectivity index (χ4v) is 3.57. The second-order valence-electron chi connectivity index (χ2n) is 4.04. The van der Waals surface area contributed by atoms with E-state index in [1.54, 1.807) is 12.1 Å². The van der Waals surface area contributed by atoms with E-state index in [9.17, 15) is 8.78 Å². The highest BCUT2D eigenvalue weighted by molar-refractivity contribution is 9.10. The van der Waals surface area contributed by atoms with E-state index in [1.807, 2.05) is 0 Å². The molecule has 2 aromatic rings. The molecule has 0 bridgehead atoms. The summed E-state index contributed by atoms with van der Waals surface area (Å²) in [5.41, 5.74) is 0.955. The minimum absolute atomic E-state index is 0.305. The van der Waals surface area contributed by atoms with Crippen LogP contribution in [0.2, 0.25) is 5.02 Å². The lowest BCUT2D eigenvalue weighted by atomic mass is 10.0. The van der Waals surface area contributed by atoms with Gasteiger partial charge in [0, 0.05) is 22.2 Å². The number of hydrogen-bond acceptors (Lipinski definition) is 1. The maximum atomic E-state index is 13.9. The molecule has 0 spiro atoms. The lowest BCUT2D eigenvalue weighted by molar-refractivity contribution is 0.407. The number of alkyl halides is 1. The van der Waals surface area contributed by atoms with E-state index in [1.165, 1.54) is 19.2 Å². The molecular weight excluding hydrogens is 417 g/mol. The van der Waals surface area contributed by atoms with Crippen molar-refractivity contribution < 1.29 is 13.5 Å². The second kappa shape index (κ2) is 6.41. The average molecular weight is 426 g/mol. The van der Waals surface area contributed by atoms with Gasteiger partial charge >= 0.3 is 0 Å². The van der Waals surface area contributed by atoms with Crippen LogP contribution in [-0.4, -0.2) is 7.11 Å². The van der Waals surface area contributed by atoms with Crippen molar-refractivity contribution in [3.8, 4) is 5.75 Å². The molecule has 1 unspecified atom stereocenters. The first kappa shape index (κ1) is 15.7. The highest BCUT2D eigenvalue weighted by Crippen LogP contribution is 2.42. The molecule has 0 heterocycles. The molecule has 1 atom stereocenters. The number of rotatable bonds is 3. The van der Waals surface area contributed by atoms with Crippen LogP contribution in [0.25, 0.3) is 0 Å². The Morgan fingerprint density at radius 1 is 1.15 bits per heavy atom. The van der Waals surface area contributed by atoms with Crippen LogP contribution in [0.5, 0.6) is 5.75 Å². The zero-order valence-corrected chi connectivity index (χ0v) is 14.2. The summed E-state index contributed by atoms with van der Waals surface area (Å²) in [6.07, 6.45) is 0. The van der Waals surface area contributed by atoms with Crippen LogP contribution >= 0.6 is 43.5 Å². The smallest absolute Gasteiger partial charge is 0.137 e. The number of halogens is 5. The molecule has 20 heavy (non-hydrogen) atoms. The minimum atomic E-state index is -0.634. The largest absolute Gasteiger partial charge is 0.495 e. The highest BCUT2D eigenvalue weighted by atomic mass is 79.9. The minimum Gasteiger partial charge on any atom is -0.495 e. The van der Waals surface area contributed by atoms with Crippen molar-refractivity contribution in [3.05, 3.63) is 62.6 Å². The molecule has 0 amide bonds. The van der Waals surface area contributed by atoms with E-state index >= 15 is 0 Å². The van der Waals surface area contributed by atoms with Gasteiger partial charge in [0.05, 0.1) is 16.4 Å². The Morgan fingerprint density at radius 3 is 2.45 bits per heavy atom. The van der Waals surface area contributed by atoms with Gasteiger partial charge in [-0.25, -0.2) is 8.78 Å². The monoisotopic (exact) mass is 424 g/mol. The van der Waals surface area contributed by atoms with Crippen molar-refractivity contribution in [1.29, 1.82) is 0 Å². The van der Waals surface area contributed by atoms with Gasteiger partial charge in [-0.3, -0.25) is 0 Å². The lowest BCUT2D eigenvalue weighted by Gasteiger charge is -2.17. The third-order valence-electron chi connectivity index (χ3n) is 2.75. The SMILES string of the molecule is COc1c(Br)cc(Cl)cc1C(Br)c1ccc(F)cc1F. The van der Waals surface area contributed by atoms with Gasteiger partial charge < -0.3 is 4.74 Å². The second-order valence-corrected chi connectivity index (χ2v) is 6.24. The summed E-state index contributed by atoms with van der Waals surface area (Å²) in [6, 6.07) is 6.80. The summed E-state index contributed by atoms with van der Waals surface area (Å²) in [5, 5.41) is 0.486. The van der Waals surface area contributed by atoms with Crippen LogP contribution in [0.3, 0.4) is 0 Å². The summed E-state index contributed by atoms with van der Waals surface area (Å²) < 4.78 is 32.8. The Kier molecular flexibility index (Phi) is 5.04. The topological polar surface area (TPSA) is 9.23 Å². The van der Waals surface area contributed by atoms with Crippen molar-refractivity contribution in [1.82, 2.24) is 0 Å². The van der Waals surface area contributed by atoms with Gasteiger partial charge in [-0.1, -0.05) is 33.6 Å². The van der Waals surface area contributed by atoms with Gasteiger partial charge in [0.25, 0.3) is 0 Å².